The highest BCUT2D eigenvalue weighted by Crippen LogP contribution is 2.27. The summed E-state index contributed by atoms with van der Waals surface area (Å²) in [4.78, 5) is 11.4. The summed E-state index contributed by atoms with van der Waals surface area (Å²) in [5.74, 6) is 1.77. The molecule has 0 aromatic heterocycles. The van der Waals surface area contributed by atoms with Crippen LogP contribution >= 0.6 is 12.4 Å². The molecule has 2 N–H and O–H groups in total. The summed E-state index contributed by atoms with van der Waals surface area (Å²) in [5.41, 5.74) is 0. The van der Waals surface area contributed by atoms with Crippen molar-refractivity contribution in [2.24, 2.45) is 11.8 Å². The Kier molecular flexibility index (Phi) is 6.14. The minimum atomic E-state index is 0. The average molecular weight is 247 g/mol. The standard InChI is InChI=1S/C12H22N2O.ClH/c15-12(9-13-7-11-5-6-11)14-8-10-3-1-2-4-10;/h10-11,13H,1-9H2,(H,14,15);1H. The predicted molar refractivity (Wildman–Crippen MR) is 67.8 cm³/mol. The Labute approximate surface area is 104 Å². The van der Waals surface area contributed by atoms with Gasteiger partial charge in [-0.3, -0.25) is 4.79 Å². The van der Waals surface area contributed by atoms with Gasteiger partial charge < -0.3 is 10.6 Å². The number of nitrogens with one attached hydrogen (secondary N) is 2. The van der Waals surface area contributed by atoms with Crippen molar-refractivity contribution in [2.75, 3.05) is 19.6 Å². The summed E-state index contributed by atoms with van der Waals surface area (Å²) >= 11 is 0. The molecule has 0 saturated heterocycles. The molecular formula is C12H23ClN2O. The van der Waals surface area contributed by atoms with E-state index in [9.17, 15) is 4.79 Å². The second-order valence-electron chi connectivity index (χ2n) is 5.03. The van der Waals surface area contributed by atoms with Crippen LogP contribution in [0.15, 0.2) is 0 Å². The normalized spacial score (nSPS) is 20.5. The van der Waals surface area contributed by atoms with Gasteiger partial charge in [-0.1, -0.05) is 12.8 Å². The van der Waals surface area contributed by atoms with Crippen LogP contribution in [0.2, 0.25) is 0 Å². The van der Waals surface area contributed by atoms with Gasteiger partial charge in [0, 0.05) is 6.54 Å². The van der Waals surface area contributed by atoms with Crippen molar-refractivity contribution in [3.05, 3.63) is 0 Å². The summed E-state index contributed by atoms with van der Waals surface area (Å²) in [7, 11) is 0. The van der Waals surface area contributed by atoms with Gasteiger partial charge in [-0.05, 0) is 44.1 Å². The third kappa shape index (κ3) is 5.17. The quantitative estimate of drug-likeness (QED) is 0.749. The maximum absolute atomic E-state index is 11.4. The van der Waals surface area contributed by atoms with Gasteiger partial charge in [0.15, 0.2) is 0 Å². The number of hydrogen-bond acceptors (Lipinski definition) is 2. The number of rotatable bonds is 6. The van der Waals surface area contributed by atoms with Crippen LogP contribution in [0.4, 0.5) is 0 Å². The Bertz CT molecular complexity index is 213. The van der Waals surface area contributed by atoms with Gasteiger partial charge in [0.25, 0.3) is 0 Å². The van der Waals surface area contributed by atoms with Gasteiger partial charge in [0.1, 0.15) is 0 Å². The Morgan fingerprint density at radius 3 is 2.25 bits per heavy atom. The van der Waals surface area contributed by atoms with E-state index in [1.165, 1.54) is 38.5 Å². The van der Waals surface area contributed by atoms with E-state index in [4.69, 9.17) is 0 Å². The minimum absolute atomic E-state index is 0. The van der Waals surface area contributed by atoms with E-state index in [0.717, 1.165) is 24.9 Å². The Balaban J connectivity index is 0.00000128. The molecule has 0 spiro atoms. The minimum Gasteiger partial charge on any atom is -0.355 e. The van der Waals surface area contributed by atoms with E-state index in [-0.39, 0.29) is 18.3 Å². The van der Waals surface area contributed by atoms with E-state index < -0.39 is 0 Å². The molecule has 2 aliphatic carbocycles. The van der Waals surface area contributed by atoms with E-state index in [1.54, 1.807) is 0 Å². The smallest absolute Gasteiger partial charge is 0.233 e. The van der Waals surface area contributed by atoms with Crippen LogP contribution < -0.4 is 10.6 Å². The summed E-state index contributed by atoms with van der Waals surface area (Å²) in [5, 5.41) is 6.23. The molecule has 0 unspecified atom stereocenters. The van der Waals surface area contributed by atoms with E-state index in [1.807, 2.05) is 0 Å². The Hall–Kier alpha value is -0.280. The molecule has 2 saturated carbocycles. The number of halogens is 1. The van der Waals surface area contributed by atoms with Crippen LogP contribution in [0.5, 0.6) is 0 Å². The lowest BCUT2D eigenvalue weighted by Crippen LogP contribution is -2.36. The molecule has 94 valence electrons. The van der Waals surface area contributed by atoms with E-state index in [0.29, 0.717) is 6.54 Å². The summed E-state index contributed by atoms with van der Waals surface area (Å²) in [6.07, 6.45) is 7.99. The van der Waals surface area contributed by atoms with Crippen LogP contribution in [0.3, 0.4) is 0 Å². The molecule has 0 heterocycles. The molecule has 0 aromatic carbocycles. The largest absolute Gasteiger partial charge is 0.355 e. The summed E-state index contributed by atoms with van der Waals surface area (Å²) in [6.45, 7) is 2.42. The van der Waals surface area contributed by atoms with E-state index in [2.05, 4.69) is 10.6 Å². The van der Waals surface area contributed by atoms with Crippen molar-refractivity contribution in [3.8, 4) is 0 Å². The highest BCUT2D eigenvalue weighted by Gasteiger charge is 2.20. The number of hydrogen-bond donors (Lipinski definition) is 2. The molecule has 0 bridgehead atoms. The summed E-state index contributed by atoms with van der Waals surface area (Å²) in [6, 6.07) is 0. The monoisotopic (exact) mass is 246 g/mol. The average Bonchev–Trinajstić information content (AvgIpc) is 2.91. The first-order valence-electron chi connectivity index (χ1n) is 6.32. The van der Waals surface area contributed by atoms with Gasteiger partial charge >= 0.3 is 0 Å². The van der Waals surface area contributed by atoms with Gasteiger partial charge in [0.05, 0.1) is 6.54 Å². The summed E-state index contributed by atoms with van der Waals surface area (Å²) < 4.78 is 0. The molecule has 4 heteroatoms. The zero-order valence-electron chi connectivity index (χ0n) is 9.84. The van der Waals surface area contributed by atoms with Crippen LogP contribution in [0.1, 0.15) is 38.5 Å². The van der Waals surface area contributed by atoms with E-state index >= 15 is 0 Å². The first-order valence-corrected chi connectivity index (χ1v) is 6.32. The van der Waals surface area contributed by atoms with Gasteiger partial charge in [-0.15, -0.1) is 12.4 Å². The molecule has 3 nitrogen and oxygen atoms in total. The molecule has 0 aliphatic heterocycles. The van der Waals surface area contributed by atoms with Crippen molar-refractivity contribution in [2.45, 2.75) is 38.5 Å². The van der Waals surface area contributed by atoms with Crippen molar-refractivity contribution >= 4 is 18.3 Å². The van der Waals surface area contributed by atoms with Crippen LogP contribution in [0.25, 0.3) is 0 Å². The van der Waals surface area contributed by atoms with Crippen molar-refractivity contribution in [3.63, 3.8) is 0 Å². The molecule has 0 aromatic rings. The number of amides is 1. The topological polar surface area (TPSA) is 41.1 Å². The molecular weight excluding hydrogens is 224 g/mol. The third-order valence-corrected chi connectivity index (χ3v) is 3.48. The third-order valence-electron chi connectivity index (χ3n) is 3.48. The molecule has 0 radical (unpaired) electrons. The maximum Gasteiger partial charge on any atom is 0.233 e. The fourth-order valence-corrected chi connectivity index (χ4v) is 2.25. The van der Waals surface area contributed by atoms with Crippen LogP contribution in [-0.4, -0.2) is 25.5 Å². The molecule has 2 fully saturated rings. The fraction of sp³-hybridized carbons (Fsp3) is 0.917. The highest BCUT2D eigenvalue weighted by atomic mass is 35.5. The maximum atomic E-state index is 11.4. The SMILES string of the molecule is Cl.O=C(CNCC1CC1)NCC1CCCC1. The van der Waals surface area contributed by atoms with Gasteiger partial charge in [0.2, 0.25) is 5.91 Å². The zero-order chi connectivity index (χ0) is 10.5. The second kappa shape index (κ2) is 7.13. The lowest BCUT2D eigenvalue weighted by atomic mass is 10.1. The zero-order valence-corrected chi connectivity index (χ0v) is 10.7. The van der Waals surface area contributed by atoms with Crippen molar-refractivity contribution in [1.29, 1.82) is 0 Å². The van der Waals surface area contributed by atoms with Crippen molar-refractivity contribution in [1.82, 2.24) is 10.6 Å². The lowest BCUT2D eigenvalue weighted by molar-refractivity contribution is -0.120. The number of carbonyl (C=O) groups is 1. The number of carbonyl (C=O) groups excluding carboxylic acids is 1. The lowest BCUT2D eigenvalue weighted by Gasteiger charge is -2.10. The van der Waals surface area contributed by atoms with Gasteiger partial charge in [-0.2, -0.15) is 0 Å². The molecule has 2 rings (SSSR count). The van der Waals surface area contributed by atoms with Crippen LogP contribution in [0, 0.1) is 11.8 Å². The predicted octanol–water partition coefficient (Wildman–Crippen LogP) is 1.71. The molecule has 2 aliphatic rings. The first kappa shape index (κ1) is 13.8. The van der Waals surface area contributed by atoms with Crippen molar-refractivity contribution < 1.29 is 4.79 Å². The van der Waals surface area contributed by atoms with Crippen LogP contribution in [-0.2, 0) is 4.79 Å². The first-order chi connectivity index (χ1) is 7.34. The highest BCUT2D eigenvalue weighted by molar-refractivity contribution is 5.85. The molecule has 0 atom stereocenters. The van der Waals surface area contributed by atoms with Gasteiger partial charge in [-0.25, -0.2) is 0 Å². The molecule has 1 amide bonds. The Morgan fingerprint density at radius 2 is 1.62 bits per heavy atom. The molecule has 16 heavy (non-hydrogen) atoms. The Morgan fingerprint density at radius 1 is 1.00 bits per heavy atom. The fourth-order valence-electron chi connectivity index (χ4n) is 2.25. The second-order valence-corrected chi connectivity index (χ2v) is 5.03.